The normalized spacial score (nSPS) is 17.3. The summed E-state index contributed by atoms with van der Waals surface area (Å²) in [7, 11) is 0. The monoisotopic (exact) mass is 238 g/mol. The molecule has 94 valence electrons. The number of fused-ring (bicyclic) bond motifs is 1. The van der Waals surface area contributed by atoms with Gasteiger partial charge < -0.3 is 0 Å². The maximum Gasteiger partial charge on any atom is 0.0209 e. The van der Waals surface area contributed by atoms with E-state index in [9.17, 15) is 0 Å². The van der Waals surface area contributed by atoms with E-state index < -0.39 is 0 Å². The fourth-order valence-electron chi connectivity index (χ4n) is 3.35. The minimum Gasteiger partial charge on any atom is -0.0987 e. The molecule has 0 bridgehead atoms. The zero-order chi connectivity index (χ0) is 13.2. The molecule has 0 spiro atoms. The van der Waals surface area contributed by atoms with Crippen LogP contribution in [-0.2, 0) is 5.41 Å². The third-order valence-corrected chi connectivity index (χ3v) is 4.28. The van der Waals surface area contributed by atoms with Gasteiger partial charge in [-0.1, -0.05) is 62.9 Å². The van der Waals surface area contributed by atoms with Crippen LogP contribution in [0.15, 0.2) is 54.6 Å². The van der Waals surface area contributed by atoms with Gasteiger partial charge in [0.05, 0.1) is 0 Å². The zero-order valence-electron chi connectivity index (χ0n) is 11.7. The predicted molar refractivity (Wildman–Crippen MR) is 80.6 cm³/mol. The highest BCUT2D eigenvalue weighted by Gasteiger charge is 2.39. The second-order valence-corrected chi connectivity index (χ2v) is 4.87. The molecule has 0 unspecified atom stereocenters. The molecule has 0 heterocycles. The van der Waals surface area contributed by atoms with Gasteiger partial charge in [-0.25, -0.2) is 0 Å². The van der Waals surface area contributed by atoms with Crippen molar-refractivity contribution in [1.82, 2.24) is 0 Å². The topological polar surface area (TPSA) is 0 Å². The predicted octanol–water partition coefficient (Wildman–Crippen LogP) is 5.27. The van der Waals surface area contributed by atoms with E-state index >= 15 is 0 Å². The molecule has 1 aliphatic carbocycles. The summed E-state index contributed by atoms with van der Waals surface area (Å²) in [6.07, 6.45) is 8.66. The molecular formula is C18H22. The lowest BCUT2D eigenvalue weighted by molar-refractivity contribution is 0.486. The van der Waals surface area contributed by atoms with Crippen molar-refractivity contribution < 1.29 is 0 Å². The van der Waals surface area contributed by atoms with E-state index in [0.717, 1.165) is 12.8 Å². The number of rotatable bonds is 4. The first-order chi connectivity index (χ1) is 8.75. The lowest BCUT2D eigenvalue weighted by Gasteiger charge is -2.30. The van der Waals surface area contributed by atoms with Gasteiger partial charge in [-0.15, -0.1) is 0 Å². The molecule has 0 N–H and O–H groups in total. The molecule has 0 nitrogen and oxygen atoms in total. The molecule has 0 aliphatic heterocycles. The van der Waals surface area contributed by atoms with Crippen LogP contribution in [0.2, 0.25) is 0 Å². The van der Waals surface area contributed by atoms with Crippen molar-refractivity contribution >= 4 is 5.57 Å². The van der Waals surface area contributed by atoms with Crippen molar-refractivity contribution in [3.63, 3.8) is 0 Å². The maximum atomic E-state index is 4.06. The summed E-state index contributed by atoms with van der Waals surface area (Å²) >= 11 is 0. The van der Waals surface area contributed by atoms with Crippen molar-refractivity contribution in [1.29, 1.82) is 0 Å². The van der Waals surface area contributed by atoms with Gasteiger partial charge in [0.1, 0.15) is 0 Å². The molecule has 0 saturated carbocycles. The second kappa shape index (κ2) is 4.97. The van der Waals surface area contributed by atoms with Gasteiger partial charge in [0.25, 0.3) is 0 Å². The first-order valence-corrected chi connectivity index (χ1v) is 6.84. The van der Waals surface area contributed by atoms with E-state index in [1.165, 1.54) is 22.3 Å². The Labute approximate surface area is 111 Å². The SMILES string of the molecule is C=CC1=C(/C=C\C)c2ccccc2C1(CC)CC. The highest BCUT2D eigenvalue weighted by atomic mass is 14.4. The second-order valence-electron chi connectivity index (χ2n) is 4.87. The van der Waals surface area contributed by atoms with E-state index in [-0.39, 0.29) is 5.41 Å². The number of hydrogen-bond acceptors (Lipinski definition) is 0. The lowest BCUT2D eigenvalue weighted by Crippen LogP contribution is -2.23. The molecule has 0 fully saturated rings. The Balaban J connectivity index is 2.78. The Kier molecular flexibility index (Phi) is 3.56. The van der Waals surface area contributed by atoms with E-state index in [1.807, 2.05) is 0 Å². The van der Waals surface area contributed by atoms with Crippen LogP contribution in [-0.4, -0.2) is 0 Å². The van der Waals surface area contributed by atoms with Gasteiger partial charge in [0, 0.05) is 5.41 Å². The smallest absolute Gasteiger partial charge is 0.0209 e. The average molecular weight is 238 g/mol. The molecule has 0 saturated heterocycles. The summed E-state index contributed by atoms with van der Waals surface area (Å²) in [5.41, 5.74) is 5.76. The van der Waals surface area contributed by atoms with Crippen LogP contribution in [0.4, 0.5) is 0 Å². The fraction of sp³-hybridized carbons (Fsp3) is 0.333. The Bertz CT molecular complexity index is 511. The Morgan fingerprint density at radius 2 is 1.83 bits per heavy atom. The summed E-state index contributed by atoms with van der Waals surface area (Å²) in [6.45, 7) is 10.7. The minimum absolute atomic E-state index is 0.160. The highest BCUT2D eigenvalue weighted by Crippen LogP contribution is 2.51. The first-order valence-electron chi connectivity index (χ1n) is 6.84. The van der Waals surface area contributed by atoms with Gasteiger partial charge in [0.2, 0.25) is 0 Å². The van der Waals surface area contributed by atoms with Crippen LogP contribution in [0.25, 0.3) is 5.57 Å². The van der Waals surface area contributed by atoms with E-state index in [1.54, 1.807) is 0 Å². The van der Waals surface area contributed by atoms with Gasteiger partial charge in [-0.3, -0.25) is 0 Å². The maximum absolute atomic E-state index is 4.06. The van der Waals surface area contributed by atoms with Crippen molar-refractivity contribution in [2.24, 2.45) is 0 Å². The molecule has 1 aliphatic rings. The highest BCUT2D eigenvalue weighted by molar-refractivity contribution is 5.87. The Hall–Kier alpha value is -1.56. The number of hydrogen-bond donors (Lipinski definition) is 0. The van der Waals surface area contributed by atoms with Gasteiger partial charge in [0.15, 0.2) is 0 Å². The molecule has 1 aromatic carbocycles. The van der Waals surface area contributed by atoms with Crippen molar-refractivity contribution in [2.75, 3.05) is 0 Å². The van der Waals surface area contributed by atoms with E-state index in [4.69, 9.17) is 0 Å². The number of allylic oxidation sites excluding steroid dienone is 5. The fourth-order valence-corrected chi connectivity index (χ4v) is 3.35. The standard InChI is InChI=1S/C18H22/c1-5-11-14-15-12-9-10-13-17(15)18(7-3,8-4)16(14)6-2/h5-6,9-13H,2,7-8H2,1,3-4H3/b11-5-. The van der Waals surface area contributed by atoms with Crippen molar-refractivity contribution in [3.8, 4) is 0 Å². The van der Waals surface area contributed by atoms with E-state index in [0.29, 0.717) is 0 Å². The van der Waals surface area contributed by atoms with Crippen LogP contribution < -0.4 is 0 Å². The van der Waals surface area contributed by atoms with Crippen LogP contribution in [0.3, 0.4) is 0 Å². The average Bonchev–Trinajstić information content (AvgIpc) is 2.69. The Morgan fingerprint density at radius 1 is 1.17 bits per heavy atom. The summed E-state index contributed by atoms with van der Waals surface area (Å²) in [4.78, 5) is 0. The van der Waals surface area contributed by atoms with Gasteiger partial charge in [-0.2, -0.15) is 0 Å². The Morgan fingerprint density at radius 3 is 2.39 bits per heavy atom. The molecular weight excluding hydrogens is 216 g/mol. The molecule has 0 aromatic heterocycles. The molecule has 0 radical (unpaired) electrons. The molecule has 18 heavy (non-hydrogen) atoms. The third-order valence-electron chi connectivity index (χ3n) is 4.28. The first kappa shape index (κ1) is 12.9. The quantitative estimate of drug-likeness (QED) is 0.670. The van der Waals surface area contributed by atoms with Crippen LogP contribution in [0, 0.1) is 0 Å². The van der Waals surface area contributed by atoms with Crippen molar-refractivity contribution in [3.05, 3.63) is 65.8 Å². The molecule has 2 rings (SSSR count). The summed E-state index contributed by atoms with van der Waals surface area (Å²) in [5.74, 6) is 0. The minimum atomic E-state index is 0.160. The molecule has 0 amide bonds. The van der Waals surface area contributed by atoms with Crippen LogP contribution >= 0.6 is 0 Å². The molecule has 1 aromatic rings. The zero-order valence-corrected chi connectivity index (χ0v) is 11.7. The number of benzene rings is 1. The third kappa shape index (κ3) is 1.59. The largest absolute Gasteiger partial charge is 0.0987 e. The van der Waals surface area contributed by atoms with Gasteiger partial charge >= 0.3 is 0 Å². The van der Waals surface area contributed by atoms with Crippen molar-refractivity contribution in [2.45, 2.75) is 39.0 Å². The summed E-state index contributed by atoms with van der Waals surface area (Å²) in [5, 5.41) is 0. The van der Waals surface area contributed by atoms with Crippen LogP contribution in [0.1, 0.15) is 44.7 Å². The summed E-state index contributed by atoms with van der Waals surface area (Å²) < 4.78 is 0. The summed E-state index contributed by atoms with van der Waals surface area (Å²) in [6, 6.07) is 8.80. The molecule has 0 atom stereocenters. The lowest BCUT2D eigenvalue weighted by atomic mass is 9.73. The van der Waals surface area contributed by atoms with Gasteiger partial charge in [-0.05, 0) is 42.0 Å². The van der Waals surface area contributed by atoms with Crippen LogP contribution in [0.5, 0.6) is 0 Å². The van der Waals surface area contributed by atoms with E-state index in [2.05, 4.69) is 69.8 Å². The molecule has 0 heteroatoms.